The van der Waals surface area contributed by atoms with Crippen LogP contribution in [0.5, 0.6) is 0 Å². The molecule has 1 aromatic carbocycles. The van der Waals surface area contributed by atoms with Gasteiger partial charge in [0.05, 0.1) is 11.3 Å². The highest BCUT2D eigenvalue weighted by Crippen LogP contribution is 2.20. The van der Waals surface area contributed by atoms with E-state index in [-0.39, 0.29) is 5.56 Å². The second-order valence-electron chi connectivity index (χ2n) is 4.57. The molecular formula is C14H16N4O2. The maximum atomic E-state index is 10.9. The van der Waals surface area contributed by atoms with Gasteiger partial charge in [0.2, 0.25) is 5.95 Å². The van der Waals surface area contributed by atoms with Gasteiger partial charge in [-0.15, -0.1) is 0 Å². The van der Waals surface area contributed by atoms with Crippen LogP contribution >= 0.6 is 0 Å². The number of nitrogens with one attached hydrogen (secondary N) is 1. The Balaban J connectivity index is 2.24. The van der Waals surface area contributed by atoms with E-state index in [1.165, 1.54) is 6.20 Å². The van der Waals surface area contributed by atoms with Crippen LogP contribution in [-0.2, 0) is 0 Å². The molecule has 1 heterocycles. The zero-order chi connectivity index (χ0) is 14.7. The van der Waals surface area contributed by atoms with E-state index in [1.807, 2.05) is 43.3 Å². The Morgan fingerprint density at radius 1 is 1.35 bits per heavy atom. The summed E-state index contributed by atoms with van der Waals surface area (Å²) in [5, 5.41) is 12.0. The number of aryl methyl sites for hydroxylation is 1. The molecule has 0 unspecified atom stereocenters. The maximum Gasteiger partial charge on any atom is 0.339 e. The number of carboxylic acid groups (broad SMARTS) is 1. The normalized spacial score (nSPS) is 10.2. The topological polar surface area (TPSA) is 78.4 Å². The number of anilines is 3. The Hall–Kier alpha value is -2.63. The third kappa shape index (κ3) is 3.03. The fourth-order valence-electron chi connectivity index (χ4n) is 1.73. The van der Waals surface area contributed by atoms with Crippen molar-refractivity contribution < 1.29 is 9.90 Å². The van der Waals surface area contributed by atoms with Crippen molar-refractivity contribution in [3.8, 4) is 0 Å². The third-order valence-corrected chi connectivity index (χ3v) is 2.83. The molecule has 0 radical (unpaired) electrons. The molecule has 0 saturated carbocycles. The molecule has 0 aliphatic rings. The Kier molecular flexibility index (Phi) is 3.84. The minimum absolute atomic E-state index is 0.109. The van der Waals surface area contributed by atoms with E-state index in [2.05, 4.69) is 15.3 Å². The zero-order valence-electron chi connectivity index (χ0n) is 11.6. The first kappa shape index (κ1) is 13.8. The average Bonchev–Trinajstić information content (AvgIpc) is 2.38. The summed E-state index contributed by atoms with van der Waals surface area (Å²) in [6.45, 7) is 1.65. The maximum absolute atomic E-state index is 10.9. The van der Waals surface area contributed by atoms with E-state index in [4.69, 9.17) is 5.11 Å². The van der Waals surface area contributed by atoms with Gasteiger partial charge in [0, 0.05) is 31.7 Å². The van der Waals surface area contributed by atoms with Gasteiger partial charge in [-0.25, -0.2) is 14.8 Å². The van der Waals surface area contributed by atoms with Crippen molar-refractivity contribution in [2.45, 2.75) is 6.92 Å². The predicted molar refractivity (Wildman–Crippen MR) is 77.8 cm³/mol. The van der Waals surface area contributed by atoms with Gasteiger partial charge in [0.25, 0.3) is 0 Å². The molecule has 2 aromatic rings. The van der Waals surface area contributed by atoms with Crippen LogP contribution in [0.15, 0.2) is 30.5 Å². The highest BCUT2D eigenvalue weighted by atomic mass is 16.4. The predicted octanol–water partition coefficient (Wildman–Crippen LogP) is 2.29. The lowest BCUT2D eigenvalue weighted by molar-refractivity contribution is 0.0695. The van der Waals surface area contributed by atoms with Crippen molar-refractivity contribution in [1.29, 1.82) is 0 Å². The molecule has 0 fully saturated rings. The summed E-state index contributed by atoms with van der Waals surface area (Å²) >= 11 is 0. The van der Waals surface area contributed by atoms with Gasteiger partial charge in [0.1, 0.15) is 0 Å². The number of nitrogens with zero attached hydrogens (tertiary/aromatic N) is 3. The van der Waals surface area contributed by atoms with Crippen LogP contribution in [-0.4, -0.2) is 35.1 Å². The van der Waals surface area contributed by atoms with Gasteiger partial charge in [-0.3, -0.25) is 0 Å². The van der Waals surface area contributed by atoms with Crippen LogP contribution in [0.25, 0.3) is 0 Å². The number of carboxylic acids is 1. The standard InChI is InChI=1S/C14H16N4O2/c1-9-12(13(19)20)8-15-14(16-9)17-10-5-4-6-11(7-10)18(2)3/h4-8H,1-3H3,(H,19,20)(H,15,16,17). The Morgan fingerprint density at radius 3 is 2.70 bits per heavy atom. The van der Waals surface area contributed by atoms with Crippen molar-refractivity contribution in [1.82, 2.24) is 9.97 Å². The van der Waals surface area contributed by atoms with Crippen molar-refractivity contribution >= 4 is 23.3 Å². The number of aromatic nitrogens is 2. The molecule has 0 spiro atoms. The van der Waals surface area contributed by atoms with Gasteiger partial charge in [-0.2, -0.15) is 0 Å². The number of carbonyl (C=O) groups is 1. The average molecular weight is 272 g/mol. The van der Waals surface area contributed by atoms with Crippen LogP contribution in [0.3, 0.4) is 0 Å². The summed E-state index contributed by atoms with van der Waals surface area (Å²) in [6, 6.07) is 7.78. The molecule has 6 heteroatoms. The van der Waals surface area contributed by atoms with Crippen LogP contribution in [0.2, 0.25) is 0 Å². The number of rotatable bonds is 4. The second-order valence-corrected chi connectivity index (χ2v) is 4.57. The summed E-state index contributed by atoms with van der Waals surface area (Å²) in [5.41, 5.74) is 2.43. The lowest BCUT2D eigenvalue weighted by Gasteiger charge is -2.14. The lowest BCUT2D eigenvalue weighted by Crippen LogP contribution is -2.09. The number of hydrogen-bond acceptors (Lipinski definition) is 5. The molecule has 104 valence electrons. The Bertz CT molecular complexity index is 641. The van der Waals surface area contributed by atoms with Crippen molar-refractivity contribution in [3.63, 3.8) is 0 Å². The number of hydrogen-bond donors (Lipinski definition) is 2. The van der Waals surface area contributed by atoms with E-state index in [9.17, 15) is 4.79 Å². The molecule has 0 saturated heterocycles. The van der Waals surface area contributed by atoms with Crippen LogP contribution in [0.1, 0.15) is 16.1 Å². The quantitative estimate of drug-likeness (QED) is 0.889. The lowest BCUT2D eigenvalue weighted by atomic mass is 10.2. The Labute approximate surface area is 117 Å². The van der Waals surface area contributed by atoms with Crippen LogP contribution in [0.4, 0.5) is 17.3 Å². The number of aromatic carboxylic acids is 1. The van der Waals surface area contributed by atoms with Gasteiger partial charge < -0.3 is 15.3 Å². The van der Waals surface area contributed by atoms with Gasteiger partial charge in [-0.05, 0) is 25.1 Å². The van der Waals surface area contributed by atoms with Crippen molar-refractivity contribution in [3.05, 3.63) is 41.7 Å². The molecule has 1 aromatic heterocycles. The molecular weight excluding hydrogens is 256 g/mol. The second kappa shape index (κ2) is 5.56. The highest BCUT2D eigenvalue weighted by molar-refractivity contribution is 5.88. The molecule has 6 nitrogen and oxygen atoms in total. The van der Waals surface area contributed by atoms with Gasteiger partial charge >= 0.3 is 5.97 Å². The largest absolute Gasteiger partial charge is 0.478 e. The zero-order valence-corrected chi connectivity index (χ0v) is 11.6. The highest BCUT2D eigenvalue weighted by Gasteiger charge is 2.10. The fourth-order valence-corrected chi connectivity index (χ4v) is 1.73. The molecule has 0 amide bonds. The summed E-state index contributed by atoms with van der Waals surface area (Å²) < 4.78 is 0. The fraction of sp³-hybridized carbons (Fsp3) is 0.214. The molecule has 2 N–H and O–H groups in total. The first-order chi connectivity index (χ1) is 9.47. The summed E-state index contributed by atoms with van der Waals surface area (Å²) in [6.07, 6.45) is 1.31. The number of benzene rings is 1. The molecule has 2 rings (SSSR count). The van der Waals surface area contributed by atoms with Crippen molar-refractivity contribution in [2.24, 2.45) is 0 Å². The monoisotopic (exact) mass is 272 g/mol. The minimum atomic E-state index is -1.02. The smallest absolute Gasteiger partial charge is 0.339 e. The molecule has 20 heavy (non-hydrogen) atoms. The van der Waals surface area contributed by atoms with Crippen molar-refractivity contribution in [2.75, 3.05) is 24.3 Å². The molecule has 0 bridgehead atoms. The Morgan fingerprint density at radius 2 is 2.10 bits per heavy atom. The van der Waals surface area contributed by atoms with E-state index >= 15 is 0 Å². The first-order valence-corrected chi connectivity index (χ1v) is 6.08. The van der Waals surface area contributed by atoms with E-state index < -0.39 is 5.97 Å². The minimum Gasteiger partial charge on any atom is -0.478 e. The van der Waals surface area contributed by atoms with Crippen LogP contribution < -0.4 is 10.2 Å². The summed E-state index contributed by atoms with van der Waals surface area (Å²) in [4.78, 5) is 21.1. The molecule has 0 aliphatic heterocycles. The van der Waals surface area contributed by atoms with E-state index in [0.29, 0.717) is 11.6 Å². The van der Waals surface area contributed by atoms with E-state index in [0.717, 1.165) is 11.4 Å². The van der Waals surface area contributed by atoms with E-state index in [1.54, 1.807) is 6.92 Å². The van der Waals surface area contributed by atoms with Gasteiger partial charge in [0.15, 0.2) is 0 Å². The summed E-state index contributed by atoms with van der Waals surface area (Å²) in [7, 11) is 3.92. The molecule has 0 aliphatic carbocycles. The SMILES string of the molecule is Cc1nc(Nc2cccc(N(C)C)c2)ncc1C(=O)O. The molecule has 0 atom stereocenters. The third-order valence-electron chi connectivity index (χ3n) is 2.83. The van der Waals surface area contributed by atoms with Crippen LogP contribution in [0, 0.1) is 6.92 Å². The summed E-state index contributed by atoms with van der Waals surface area (Å²) in [5.74, 6) is -0.646. The first-order valence-electron chi connectivity index (χ1n) is 6.08. The van der Waals surface area contributed by atoms with Gasteiger partial charge in [-0.1, -0.05) is 6.07 Å².